The van der Waals surface area contributed by atoms with Gasteiger partial charge in [0.1, 0.15) is 23.4 Å². The van der Waals surface area contributed by atoms with Crippen LogP contribution < -0.4 is 15.8 Å². The van der Waals surface area contributed by atoms with E-state index in [9.17, 15) is 39.9 Å². The maximum absolute atomic E-state index is 14.4. The molecule has 6 rings (SSSR count). The number of methoxy groups -OCH3 is 1. The summed E-state index contributed by atoms with van der Waals surface area (Å²) in [6, 6.07) is 6.60. The van der Waals surface area contributed by atoms with Gasteiger partial charge in [-0.3, -0.25) is 19.4 Å². The number of aromatic hydroxyl groups is 3. The number of fused-ring (bicyclic) bond motifs is 14. The molecule has 8 N–H and O–H groups in total. The molecule has 3 aromatic rings. The number of para-hydroxylation sites is 2. The molecule has 0 radical (unpaired) electrons. The van der Waals surface area contributed by atoms with Gasteiger partial charge < -0.3 is 55.5 Å². The van der Waals surface area contributed by atoms with Crippen molar-refractivity contribution in [3.63, 3.8) is 0 Å². The van der Waals surface area contributed by atoms with E-state index < -0.39 is 88.8 Å². The molecule has 3 aromatic carbocycles. The van der Waals surface area contributed by atoms with Gasteiger partial charge in [-0.05, 0) is 32.1 Å². The molecule has 9 unspecified atom stereocenters. The lowest BCUT2D eigenvalue weighted by molar-refractivity contribution is -0.160. The molecule has 316 valence electrons. The molecule has 0 aliphatic carbocycles. The minimum absolute atomic E-state index is 0.0278. The molecule has 3 heterocycles. The highest BCUT2D eigenvalue weighted by atomic mass is 16.7. The van der Waals surface area contributed by atoms with Gasteiger partial charge in [0.05, 0.1) is 58.1 Å². The lowest BCUT2D eigenvalue weighted by atomic mass is 9.78. The number of carbonyl (C=O) groups is 3. The molecule has 15 heteroatoms. The minimum Gasteiger partial charge on any atom is -0.507 e. The second-order valence-electron chi connectivity index (χ2n) is 15.4. The van der Waals surface area contributed by atoms with Crippen molar-refractivity contribution in [2.75, 3.05) is 18.2 Å². The van der Waals surface area contributed by atoms with Gasteiger partial charge in [-0.2, -0.15) is 0 Å². The number of aliphatic imine (C=N–C) groups is 1. The largest absolute Gasteiger partial charge is 0.507 e. The lowest BCUT2D eigenvalue weighted by Crippen LogP contribution is -2.46. The summed E-state index contributed by atoms with van der Waals surface area (Å²) in [4.78, 5) is 44.9. The number of benzene rings is 3. The Morgan fingerprint density at radius 2 is 1.63 bits per heavy atom. The zero-order valence-corrected chi connectivity index (χ0v) is 34.5. The van der Waals surface area contributed by atoms with Crippen LogP contribution in [0.25, 0.3) is 10.8 Å². The zero-order chi connectivity index (χ0) is 43.7. The number of phenolic OH excluding ortho intramolecular Hbond substituents is 3. The van der Waals surface area contributed by atoms with Crippen molar-refractivity contribution >= 4 is 51.7 Å². The quantitative estimate of drug-likeness (QED) is 0.0520. The smallest absolute Gasteiger partial charge is 0.312 e. The Kier molecular flexibility index (Phi) is 13.1. The molecular formula is C44H53N3O12. The van der Waals surface area contributed by atoms with E-state index >= 15 is 0 Å². The Bertz CT molecular complexity index is 2260. The van der Waals surface area contributed by atoms with Gasteiger partial charge in [-0.25, -0.2) is 0 Å². The van der Waals surface area contributed by atoms with Gasteiger partial charge in [0.2, 0.25) is 0 Å². The van der Waals surface area contributed by atoms with Crippen molar-refractivity contribution in [2.24, 2.45) is 28.7 Å². The highest BCUT2D eigenvalue weighted by Crippen LogP contribution is 2.55. The van der Waals surface area contributed by atoms with Crippen LogP contribution in [0.3, 0.4) is 0 Å². The zero-order valence-electron chi connectivity index (χ0n) is 34.5. The Hall–Kier alpha value is -5.90. The third-order valence-electron chi connectivity index (χ3n) is 11.3. The summed E-state index contributed by atoms with van der Waals surface area (Å²) in [6.45, 7) is 12.4. The van der Waals surface area contributed by atoms with Gasteiger partial charge in [0.25, 0.3) is 11.7 Å². The van der Waals surface area contributed by atoms with Crippen molar-refractivity contribution in [2.45, 2.75) is 85.6 Å². The summed E-state index contributed by atoms with van der Waals surface area (Å²) in [5.41, 5.74) is 6.09. The number of nitrogens with two attached hydrogens (primary N) is 1. The number of ketones is 1. The van der Waals surface area contributed by atoms with Crippen molar-refractivity contribution in [3.8, 4) is 23.0 Å². The number of hydrogen-bond donors (Lipinski definition) is 7. The van der Waals surface area contributed by atoms with Crippen molar-refractivity contribution in [1.82, 2.24) is 0 Å². The highest BCUT2D eigenvalue weighted by Gasteiger charge is 2.50. The maximum Gasteiger partial charge on any atom is 0.312 e. The molecule has 59 heavy (non-hydrogen) atoms. The molecule has 0 fully saturated rings. The number of nitrogens with one attached hydrogen (secondary N) is 1. The number of rotatable bonds is 4. The maximum atomic E-state index is 14.4. The fraction of sp³-hybridized carbons (Fsp3) is 0.409. The Labute approximate surface area is 342 Å². The molecule has 1 amide bonds. The summed E-state index contributed by atoms with van der Waals surface area (Å²) < 4.78 is 23.5. The van der Waals surface area contributed by atoms with Gasteiger partial charge in [-0.1, -0.05) is 58.1 Å². The van der Waals surface area contributed by atoms with Crippen molar-refractivity contribution < 1.29 is 58.9 Å². The molecule has 0 saturated carbocycles. The van der Waals surface area contributed by atoms with Crippen LogP contribution in [0.5, 0.6) is 23.0 Å². The van der Waals surface area contributed by atoms with Gasteiger partial charge in [0, 0.05) is 67.4 Å². The average Bonchev–Trinajstić information content (AvgIpc) is 3.46. The summed E-state index contributed by atoms with van der Waals surface area (Å²) >= 11 is 0. The summed E-state index contributed by atoms with van der Waals surface area (Å²) in [5.74, 6) is -8.70. The SMILES string of the molecule is COC1/C=C/OC2(C)Oc3c(C)c(O)c4c(O)c(c(C=Nc5ccccc5N)c(O)c4c3C2=O)NC(=O)C(C)=C/C=C/C(C)C(O)C(C)C(O)C(C)C(OC(C)=O)C1C. The first-order valence-electron chi connectivity index (χ1n) is 19.2. The van der Waals surface area contributed by atoms with E-state index in [-0.39, 0.29) is 44.5 Å². The van der Waals surface area contributed by atoms with E-state index in [0.29, 0.717) is 11.4 Å². The van der Waals surface area contributed by atoms with Crippen LogP contribution in [0.1, 0.15) is 70.0 Å². The van der Waals surface area contributed by atoms with E-state index in [0.717, 1.165) is 6.21 Å². The number of anilines is 2. The lowest BCUT2D eigenvalue weighted by Gasteiger charge is -2.38. The molecule has 9 atom stereocenters. The van der Waals surface area contributed by atoms with Crippen LogP contribution in [0.4, 0.5) is 17.1 Å². The van der Waals surface area contributed by atoms with Crippen LogP contribution >= 0.6 is 0 Å². The van der Waals surface area contributed by atoms with Crippen LogP contribution in [0.2, 0.25) is 0 Å². The Morgan fingerprint density at radius 3 is 2.27 bits per heavy atom. The number of hydrogen-bond acceptors (Lipinski definition) is 14. The molecule has 0 spiro atoms. The van der Waals surface area contributed by atoms with Crippen LogP contribution in [0.15, 0.2) is 65.4 Å². The van der Waals surface area contributed by atoms with Crippen molar-refractivity contribution in [3.05, 3.63) is 77.1 Å². The monoisotopic (exact) mass is 815 g/mol. The van der Waals surface area contributed by atoms with E-state index in [1.807, 2.05) is 0 Å². The number of allylic oxidation sites excluding steroid dienone is 2. The number of ether oxygens (including phenoxy) is 4. The standard InChI is InChI=1S/C44H53N3O12/c1-20-13-12-14-21(2)43(55)47-34-27(19-46-29-16-11-10-15-28(29)45)38(52)31-32(39(34)53)37(51)25(6)41-33(31)42(54)44(8,59-41)57-18-17-30(56-9)22(3)40(58-26(7)48)24(5)36(50)23(4)35(20)49/h10-20,22-24,30,35-36,40,49-53H,45H2,1-9H3,(H,47,55)/b13-12+,18-17+,21-14?,46-19?. The van der Waals surface area contributed by atoms with E-state index in [4.69, 9.17) is 24.7 Å². The normalized spacial score (nSPS) is 29.2. The molecule has 5 bridgehead atoms. The first kappa shape index (κ1) is 44.2. The number of Topliss-reactive ketones (excluding diaryl/α,β-unsaturated/α-hetero) is 1. The predicted octanol–water partition coefficient (Wildman–Crippen LogP) is 6.09. The Morgan fingerprint density at radius 1 is 0.949 bits per heavy atom. The van der Waals surface area contributed by atoms with Gasteiger partial charge >= 0.3 is 11.8 Å². The third-order valence-corrected chi connectivity index (χ3v) is 11.3. The fourth-order valence-electron chi connectivity index (χ4n) is 7.61. The number of carbonyl (C=O) groups excluding carboxylic acids is 3. The summed E-state index contributed by atoms with van der Waals surface area (Å²) in [5, 5.41) is 60.3. The Balaban J connectivity index is 1.74. The molecule has 3 aliphatic heterocycles. The topological polar surface area (TPSA) is 240 Å². The van der Waals surface area contributed by atoms with Crippen LogP contribution in [-0.4, -0.2) is 86.7 Å². The van der Waals surface area contributed by atoms with Gasteiger partial charge in [0.15, 0.2) is 5.75 Å². The second-order valence-corrected chi connectivity index (χ2v) is 15.4. The number of aliphatic hydroxyl groups excluding tert-OH is 2. The number of nitrogen functional groups attached to an aromatic ring is 1. The fourth-order valence-corrected chi connectivity index (χ4v) is 7.61. The number of amides is 1. The van der Waals surface area contributed by atoms with Crippen molar-refractivity contribution in [1.29, 1.82) is 0 Å². The predicted molar refractivity (Wildman–Crippen MR) is 222 cm³/mol. The molecule has 0 saturated heterocycles. The van der Waals surface area contributed by atoms with E-state index in [1.165, 1.54) is 53.2 Å². The third kappa shape index (κ3) is 8.49. The number of aliphatic hydroxyl groups is 2. The number of nitrogens with zero attached hydrogens (tertiary/aromatic N) is 1. The second kappa shape index (κ2) is 17.5. The average molecular weight is 816 g/mol. The first-order valence-corrected chi connectivity index (χ1v) is 19.2. The van der Waals surface area contributed by atoms with E-state index in [2.05, 4.69) is 10.3 Å². The molecular weight excluding hydrogens is 762 g/mol. The molecule has 3 aliphatic rings. The number of esters is 1. The van der Waals surface area contributed by atoms with Crippen LogP contribution in [0, 0.1) is 30.6 Å². The molecule has 0 aromatic heterocycles. The van der Waals surface area contributed by atoms with Crippen LogP contribution in [-0.2, 0) is 23.8 Å². The van der Waals surface area contributed by atoms with Gasteiger partial charge in [-0.15, -0.1) is 0 Å². The highest BCUT2D eigenvalue weighted by molar-refractivity contribution is 6.24. The minimum atomic E-state index is -2.07. The first-order chi connectivity index (χ1) is 27.7. The van der Waals surface area contributed by atoms with E-state index in [1.54, 1.807) is 64.1 Å². The summed E-state index contributed by atoms with van der Waals surface area (Å²) in [6.07, 6.45) is 4.57. The summed E-state index contributed by atoms with van der Waals surface area (Å²) in [7, 11) is 1.43. The molecule has 15 nitrogen and oxygen atoms in total. The number of phenols is 3.